The van der Waals surface area contributed by atoms with Gasteiger partial charge in [-0.15, -0.1) is 0 Å². The third kappa shape index (κ3) is 5.31. The van der Waals surface area contributed by atoms with Crippen molar-refractivity contribution in [3.05, 3.63) is 6.33 Å². The number of aliphatic hydroxyl groups excluding tert-OH is 1. The number of hydrogen-bond donors (Lipinski definition) is 3. The van der Waals surface area contributed by atoms with Gasteiger partial charge in [-0.2, -0.15) is 0 Å². The fourth-order valence-electron chi connectivity index (χ4n) is 3.21. The van der Waals surface area contributed by atoms with E-state index in [2.05, 4.69) is 27.2 Å². The monoisotopic (exact) mass is 410 g/mol. The van der Waals surface area contributed by atoms with Crippen LogP contribution in [0.5, 0.6) is 0 Å². The van der Waals surface area contributed by atoms with E-state index in [0.29, 0.717) is 56.5 Å². The highest BCUT2D eigenvalue weighted by Gasteiger charge is 2.37. The molecule has 0 aromatic carbocycles. The Kier molecular flexibility index (Phi) is 7.95. The third-order valence-corrected chi connectivity index (χ3v) is 4.58. The maximum atomic E-state index is 10.3. The van der Waals surface area contributed by atoms with Crippen molar-refractivity contribution in [2.75, 3.05) is 57.7 Å². The van der Waals surface area contributed by atoms with Crippen LogP contribution < -0.4 is 11.1 Å². The van der Waals surface area contributed by atoms with E-state index in [1.807, 2.05) is 0 Å². The molecule has 1 saturated heterocycles. The molecule has 1 fully saturated rings. The minimum absolute atomic E-state index is 0.285. The van der Waals surface area contributed by atoms with Gasteiger partial charge in [-0.05, 0) is 6.42 Å². The van der Waals surface area contributed by atoms with Crippen LogP contribution in [0.4, 0.5) is 11.8 Å². The van der Waals surface area contributed by atoms with Crippen LogP contribution in [0.15, 0.2) is 6.33 Å². The zero-order valence-electron chi connectivity index (χ0n) is 16.9. The van der Waals surface area contributed by atoms with Crippen molar-refractivity contribution in [1.29, 1.82) is 0 Å². The van der Waals surface area contributed by atoms with Gasteiger partial charge in [0.05, 0.1) is 32.5 Å². The molecule has 0 amide bonds. The number of aromatic nitrogens is 4. The van der Waals surface area contributed by atoms with E-state index in [1.54, 1.807) is 11.7 Å². The molecule has 3 unspecified atom stereocenters. The van der Waals surface area contributed by atoms with Gasteiger partial charge in [0.15, 0.2) is 17.0 Å². The van der Waals surface area contributed by atoms with Crippen molar-refractivity contribution in [3.8, 4) is 0 Å². The Labute approximate surface area is 169 Å². The van der Waals surface area contributed by atoms with Gasteiger partial charge in [-0.3, -0.25) is 4.57 Å². The molecule has 11 heteroatoms. The van der Waals surface area contributed by atoms with Gasteiger partial charge in [-0.1, -0.05) is 6.92 Å². The van der Waals surface area contributed by atoms with Gasteiger partial charge in [0.25, 0.3) is 0 Å². The first-order valence-corrected chi connectivity index (χ1v) is 9.85. The molecule has 0 bridgehead atoms. The number of nitrogens with zero attached hydrogens (tertiary/aromatic N) is 4. The maximum Gasteiger partial charge on any atom is 0.207 e. The van der Waals surface area contributed by atoms with Crippen LogP contribution >= 0.6 is 0 Å². The molecule has 2 aromatic rings. The van der Waals surface area contributed by atoms with E-state index in [9.17, 15) is 5.11 Å². The summed E-state index contributed by atoms with van der Waals surface area (Å²) in [6.07, 6.45) is 1.26. The van der Waals surface area contributed by atoms with Crippen LogP contribution in [-0.2, 0) is 18.9 Å². The molecule has 1 aliphatic heterocycles. The number of nitrogens with one attached hydrogen (secondary N) is 1. The highest BCUT2D eigenvalue weighted by Crippen LogP contribution is 2.34. The van der Waals surface area contributed by atoms with Gasteiger partial charge in [0.2, 0.25) is 5.95 Å². The quantitative estimate of drug-likeness (QED) is 0.425. The summed E-state index contributed by atoms with van der Waals surface area (Å²) in [5.41, 5.74) is 7.00. The summed E-state index contributed by atoms with van der Waals surface area (Å²) >= 11 is 0. The Hall–Kier alpha value is -2.05. The molecule has 3 rings (SSSR count). The largest absolute Gasteiger partial charge is 0.390 e. The summed E-state index contributed by atoms with van der Waals surface area (Å²) in [7, 11) is 1.57. The lowest BCUT2D eigenvalue weighted by atomic mass is 10.2. The standard InChI is InChI=1S/C18H30N6O5/c1-3-5-27-7-8-28-6-4-20-18-23-15-16(19)21-11-22-17(15)24(18)14-9-12(25)13(29-14)10-26-2/h11-14,25H,3-10H2,1-2H3,(H,20,23)(H2,19,21,22). The third-order valence-electron chi connectivity index (χ3n) is 4.58. The molecule has 0 saturated carbocycles. The van der Waals surface area contributed by atoms with Gasteiger partial charge < -0.3 is 35.1 Å². The summed E-state index contributed by atoms with van der Waals surface area (Å²) in [6.45, 7) is 5.24. The van der Waals surface area contributed by atoms with Crippen molar-refractivity contribution in [2.24, 2.45) is 0 Å². The maximum absolute atomic E-state index is 10.3. The molecule has 0 spiro atoms. The second-order valence-electron chi connectivity index (χ2n) is 6.78. The molecule has 0 radical (unpaired) electrons. The molecule has 0 aliphatic carbocycles. The number of aliphatic hydroxyl groups is 1. The van der Waals surface area contributed by atoms with E-state index in [4.69, 9.17) is 24.7 Å². The Balaban J connectivity index is 1.67. The number of methoxy groups -OCH3 is 1. The molecular formula is C18H30N6O5. The van der Waals surface area contributed by atoms with Gasteiger partial charge in [0.1, 0.15) is 18.7 Å². The number of rotatable bonds is 12. The number of nitrogen functional groups attached to an aromatic ring is 1. The topological polar surface area (TPSA) is 139 Å². The number of ether oxygens (including phenoxy) is 4. The second-order valence-corrected chi connectivity index (χ2v) is 6.78. The van der Waals surface area contributed by atoms with Gasteiger partial charge in [0, 0.05) is 26.7 Å². The minimum Gasteiger partial charge on any atom is -0.390 e. The van der Waals surface area contributed by atoms with Crippen LogP contribution in [0, 0.1) is 0 Å². The molecule has 1 aliphatic rings. The number of nitrogens with two attached hydrogens (primary N) is 1. The minimum atomic E-state index is -0.643. The van der Waals surface area contributed by atoms with Crippen LogP contribution in [0.3, 0.4) is 0 Å². The average Bonchev–Trinajstić information content (AvgIpc) is 3.25. The molecule has 3 heterocycles. The lowest BCUT2D eigenvalue weighted by Gasteiger charge is -2.17. The number of anilines is 2. The van der Waals surface area contributed by atoms with Crippen molar-refractivity contribution < 1.29 is 24.1 Å². The van der Waals surface area contributed by atoms with Gasteiger partial charge in [-0.25, -0.2) is 15.0 Å². The first-order chi connectivity index (χ1) is 14.2. The SMILES string of the molecule is CCCOCCOCCNc1nc2c(N)ncnc2n1C1CC(O)C(COC)O1. The fourth-order valence-corrected chi connectivity index (χ4v) is 3.21. The number of imidazole rings is 1. The Bertz CT molecular complexity index is 773. The summed E-state index contributed by atoms with van der Waals surface area (Å²) in [6, 6.07) is 0. The van der Waals surface area contributed by atoms with E-state index in [-0.39, 0.29) is 5.82 Å². The molecule has 3 atom stereocenters. The fraction of sp³-hybridized carbons (Fsp3) is 0.722. The van der Waals surface area contributed by atoms with Crippen molar-refractivity contribution >= 4 is 22.9 Å². The molecule has 162 valence electrons. The summed E-state index contributed by atoms with van der Waals surface area (Å²) < 4.78 is 23.9. The van der Waals surface area contributed by atoms with E-state index in [1.165, 1.54) is 6.33 Å². The Morgan fingerprint density at radius 3 is 2.83 bits per heavy atom. The van der Waals surface area contributed by atoms with Crippen LogP contribution in [-0.4, -0.2) is 83.5 Å². The zero-order chi connectivity index (χ0) is 20.6. The van der Waals surface area contributed by atoms with E-state index in [0.717, 1.165) is 13.0 Å². The lowest BCUT2D eigenvalue weighted by molar-refractivity contribution is -0.0517. The van der Waals surface area contributed by atoms with Crippen molar-refractivity contribution in [2.45, 2.75) is 38.2 Å². The predicted molar refractivity (Wildman–Crippen MR) is 107 cm³/mol. The smallest absolute Gasteiger partial charge is 0.207 e. The normalized spacial score (nSPS) is 21.8. The Morgan fingerprint density at radius 2 is 2.07 bits per heavy atom. The van der Waals surface area contributed by atoms with E-state index >= 15 is 0 Å². The van der Waals surface area contributed by atoms with Crippen LogP contribution in [0.1, 0.15) is 26.0 Å². The van der Waals surface area contributed by atoms with E-state index < -0.39 is 18.4 Å². The molecular weight excluding hydrogens is 380 g/mol. The van der Waals surface area contributed by atoms with Crippen molar-refractivity contribution in [3.63, 3.8) is 0 Å². The predicted octanol–water partition coefficient (Wildman–Crippen LogP) is 0.558. The first-order valence-electron chi connectivity index (χ1n) is 9.85. The molecule has 29 heavy (non-hydrogen) atoms. The van der Waals surface area contributed by atoms with Crippen molar-refractivity contribution in [1.82, 2.24) is 19.5 Å². The summed E-state index contributed by atoms with van der Waals surface area (Å²) in [5.74, 6) is 0.821. The Morgan fingerprint density at radius 1 is 1.28 bits per heavy atom. The highest BCUT2D eigenvalue weighted by molar-refractivity contribution is 5.84. The highest BCUT2D eigenvalue weighted by atomic mass is 16.6. The molecule has 4 N–H and O–H groups in total. The van der Waals surface area contributed by atoms with Crippen LogP contribution in [0.2, 0.25) is 0 Å². The first kappa shape index (κ1) is 21.7. The van der Waals surface area contributed by atoms with Crippen LogP contribution in [0.25, 0.3) is 11.2 Å². The summed E-state index contributed by atoms with van der Waals surface area (Å²) in [5, 5.41) is 13.5. The second kappa shape index (κ2) is 10.6. The van der Waals surface area contributed by atoms with Gasteiger partial charge >= 0.3 is 0 Å². The average molecular weight is 410 g/mol. The molecule has 2 aromatic heterocycles. The lowest BCUT2D eigenvalue weighted by Crippen LogP contribution is -2.25. The molecule has 11 nitrogen and oxygen atoms in total. The summed E-state index contributed by atoms with van der Waals surface area (Å²) in [4.78, 5) is 12.9. The zero-order valence-corrected chi connectivity index (χ0v) is 16.9. The number of hydrogen-bond acceptors (Lipinski definition) is 10. The number of fused-ring (bicyclic) bond motifs is 1.